The molecular formula is C26H43N3. The second-order valence-corrected chi connectivity index (χ2v) is 11.4. The van der Waals surface area contributed by atoms with E-state index in [1.54, 1.807) is 0 Å². The summed E-state index contributed by atoms with van der Waals surface area (Å²) in [5.74, 6) is 3.58. The molecule has 3 heteroatoms. The second kappa shape index (κ2) is 8.21. The van der Waals surface area contributed by atoms with Gasteiger partial charge in [-0.15, -0.1) is 0 Å². The van der Waals surface area contributed by atoms with Gasteiger partial charge in [0.2, 0.25) is 0 Å². The number of aromatic nitrogens is 1. The summed E-state index contributed by atoms with van der Waals surface area (Å²) in [4.78, 5) is 10.3. The summed E-state index contributed by atoms with van der Waals surface area (Å²) >= 11 is 0. The van der Waals surface area contributed by atoms with Crippen LogP contribution in [0.5, 0.6) is 0 Å². The van der Waals surface area contributed by atoms with Gasteiger partial charge < -0.3 is 4.90 Å². The fraction of sp³-hybridized carbons (Fsp3) is 0.808. The largest absolute Gasteiger partial charge is 0.354 e. The summed E-state index contributed by atoms with van der Waals surface area (Å²) in [5.41, 5.74) is 2.35. The Hall–Kier alpha value is -1.09. The molecule has 3 atom stereocenters. The van der Waals surface area contributed by atoms with Gasteiger partial charge in [0.25, 0.3) is 0 Å². The molecule has 2 saturated carbocycles. The standard InChI is InChI=1S/C26H43N3/c1-6-14-28-15-17-29(18-16-28)24-9-7-8-23(27-24)20-10-11-21-22(19-20)26(4,5)13-12-25(21,2)3/h7-9,20-22H,6,10-19H2,1-5H3. The van der Waals surface area contributed by atoms with Gasteiger partial charge in [-0.25, -0.2) is 4.98 Å². The molecule has 0 radical (unpaired) electrons. The molecule has 29 heavy (non-hydrogen) atoms. The molecule has 3 aliphatic rings. The van der Waals surface area contributed by atoms with Crippen molar-refractivity contribution in [3.63, 3.8) is 0 Å². The zero-order valence-electron chi connectivity index (χ0n) is 19.6. The number of hydrogen-bond acceptors (Lipinski definition) is 3. The van der Waals surface area contributed by atoms with Crippen molar-refractivity contribution in [3.05, 3.63) is 23.9 Å². The summed E-state index contributed by atoms with van der Waals surface area (Å²) < 4.78 is 0. The lowest BCUT2D eigenvalue weighted by Gasteiger charge is -2.56. The third-order valence-electron chi connectivity index (χ3n) is 8.68. The number of piperazine rings is 1. The van der Waals surface area contributed by atoms with Crippen LogP contribution in [0.15, 0.2) is 18.2 Å². The lowest BCUT2D eigenvalue weighted by Crippen LogP contribution is -2.47. The van der Waals surface area contributed by atoms with Crippen molar-refractivity contribution in [2.24, 2.45) is 22.7 Å². The predicted molar refractivity (Wildman–Crippen MR) is 124 cm³/mol. The fourth-order valence-corrected chi connectivity index (χ4v) is 6.61. The van der Waals surface area contributed by atoms with E-state index in [1.165, 1.54) is 69.7 Å². The lowest BCUT2D eigenvalue weighted by atomic mass is 9.49. The van der Waals surface area contributed by atoms with Gasteiger partial charge in [0, 0.05) is 37.8 Å². The van der Waals surface area contributed by atoms with Gasteiger partial charge in [0.15, 0.2) is 0 Å². The maximum Gasteiger partial charge on any atom is 0.128 e. The molecule has 1 saturated heterocycles. The summed E-state index contributed by atoms with van der Waals surface area (Å²) in [6.45, 7) is 18.2. The molecule has 1 aromatic heterocycles. The van der Waals surface area contributed by atoms with E-state index in [9.17, 15) is 0 Å². The first-order valence-electron chi connectivity index (χ1n) is 12.2. The molecule has 3 nitrogen and oxygen atoms in total. The number of rotatable bonds is 4. The molecule has 0 aromatic carbocycles. The molecule has 162 valence electrons. The van der Waals surface area contributed by atoms with Gasteiger partial charge in [0.05, 0.1) is 0 Å². The molecule has 0 amide bonds. The van der Waals surface area contributed by atoms with Crippen LogP contribution >= 0.6 is 0 Å². The van der Waals surface area contributed by atoms with Gasteiger partial charge >= 0.3 is 0 Å². The summed E-state index contributed by atoms with van der Waals surface area (Å²) in [6, 6.07) is 6.80. The topological polar surface area (TPSA) is 19.4 Å². The highest BCUT2D eigenvalue weighted by molar-refractivity contribution is 5.40. The third kappa shape index (κ3) is 4.36. The van der Waals surface area contributed by atoms with Gasteiger partial charge in [-0.2, -0.15) is 0 Å². The van der Waals surface area contributed by atoms with Crippen molar-refractivity contribution in [2.75, 3.05) is 37.6 Å². The van der Waals surface area contributed by atoms with Gasteiger partial charge in [-0.1, -0.05) is 40.7 Å². The van der Waals surface area contributed by atoms with E-state index in [2.05, 4.69) is 62.6 Å². The van der Waals surface area contributed by atoms with E-state index >= 15 is 0 Å². The Bertz CT molecular complexity index is 687. The lowest BCUT2D eigenvalue weighted by molar-refractivity contribution is -0.0501. The SMILES string of the molecule is CCCN1CCN(c2cccc(C3CCC4C(C3)C(C)(C)CCC4(C)C)n2)CC1. The van der Waals surface area contributed by atoms with E-state index in [0.717, 1.165) is 24.9 Å². The molecule has 2 heterocycles. The van der Waals surface area contributed by atoms with Crippen molar-refractivity contribution in [3.8, 4) is 0 Å². The maximum atomic E-state index is 5.22. The van der Waals surface area contributed by atoms with Crippen LogP contribution in [0.25, 0.3) is 0 Å². The highest BCUT2D eigenvalue weighted by atomic mass is 15.3. The molecule has 1 aliphatic heterocycles. The predicted octanol–water partition coefficient (Wildman–Crippen LogP) is 5.96. The first-order chi connectivity index (χ1) is 13.8. The first kappa shape index (κ1) is 21.2. The quantitative estimate of drug-likeness (QED) is 0.625. The molecule has 3 fully saturated rings. The maximum absolute atomic E-state index is 5.22. The number of fused-ring (bicyclic) bond motifs is 1. The van der Waals surface area contributed by atoms with Crippen LogP contribution in [0.2, 0.25) is 0 Å². The van der Waals surface area contributed by atoms with Crippen LogP contribution in [0.4, 0.5) is 5.82 Å². The van der Waals surface area contributed by atoms with E-state index in [0.29, 0.717) is 16.7 Å². The number of pyridine rings is 1. The zero-order chi connectivity index (χ0) is 20.6. The van der Waals surface area contributed by atoms with E-state index in [4.69, 9.17) is 4.98 Å². The molecule has 0 bridgehead atoms. The number of anilines is 1. The highest BCUT2D eigenvalue weighted by Crippen LogP contribution is 2.59. The molecule has 3 unspecified atom stereocenters. The fourth-order valence-electron chi connectivity index (χ4n) is 6.61. The van der Waals surface area contributed by atoms with Gasteiger partial charge in [-0.05, 0) is 79.9 Å². The minimum absolute atomic E-state index is 0.478. The van der Waals surface area contributed by atoms with Crippen molar-refractivity contribution >= 4 is 5.82 Å². The van der Waals surface area contributed by atoms with Crippen LogP contribution < -0.4 is 4.90 Å². The van der Waals surface area contributed by atoms with E-state index in [-0.39, 0.29) is 0 Å². The molecule has 0 spiro atoms. The minimum Gasteiger partial charge on any atom is -0.354 e. The van der Waals surface area contributed by atoms with Crippen molar-refractivity contribution < 1.29 is 0 Å². The highest BCUT2D eigenvalue weighted by Gasteiger charge is 2.50. The summed E-state index contributed by atoms with van der Waals surface area (Å²) in [5, 5.41) is 0. The monoisotopic (exact) mass is 397 g/mol. The average molecular weight is 398 g/mol. The summed E-state index contributed by atoms with van der Waals surface area (Å²) in [7, 11) is 0. The Balaban J connectivity index is 1.47. The Morgan fingerprint density at radius 2 is 1.62 bits per heavy atom. The molecular weight excluding hydrogens is 354 g/mol. The van der Waals surface area contributed by atoms with Crippen LogP contribution in [0.3, 0.4) is 0 Å². The molecule has 2 aliphatic carbocycles. The first-order valence-corrected chi connectivity index (χ1v) is 12.2. The van der Waals surface area contributed by atoms with Crippen molar-refractivity contribution in [1.82, 2.24) is 9.88 Å². The van der Waals surface area contributed by atoms with Crippen LogP contribution in [0, 0.1) is 22.7 Å². The van der Waals surface area contributed by atoms with E-state index < -0.39 is 0 Å². The zero-order valence-corrected chi connectivity index (χ0v) is 19.6. The molecule has 1 aromatic rings. The van der Waals surface area contributed by atoms with Gasteiger partial charge in [0.1, 0.15) is 5.82 Å². The minimum atomic E-state index is 0.478. The van der Waals surface area contributed by atoms with Crippen molar-refractivity contribution in [1.29, 1.82) is 0 Å². The third-order valence-corrected chi connectivity index (χ3v) is 8.68. The average Bonchev–Trinajstić information content (AvgIpc) is 2.72. The second-order valence-electron chi connectivity index (χ2n) is 11.4. The molecule has 0 N–H and O–H groups in total. The number of hydrogen-bond donors (Lipinski definition) is 0. The Morgan fingerprint density at radius 3 is 2.31 bits per heavy atom. The van der Waals surface area contributed by atoms with Crippen molar-refractivity contribution in [2.45, 2.75) is 79.1 Å². The van der Waals surface area contributed by atoms with Crippen LogP contribution in [-0.2, 0) is 0 Å². The summed E-state index contributed by atoms with van der Waals surface area (Å²) in [6.07, 6.45) is 8.06. The van der Waals surface area contributed by atoms with E-state index in [1.807, 2.05) is 0 Å². The number of nitrogens with zero attached hydrogens (tertiary/aromatic N) is 3. The van der Waals surface area contributed by atoms with Crippen LogP contribution in [-0.4, -0.2) is 42.6 Å². The smallest absolute Gasteiger partial charge is 0.128 e. The van der Waals surface area contributed by atoms with Gasteiger partial charge in [-0.3, -0.25) is 4.90 Å². The Kier molecular flexibility index (Phi) is 5.99. The Labute approximate surface area is 179 Å². The molecule has 4 rings (SSSR count). The normalized spacial score (nSPS) is 32.0. The van der Waals surface area contributed by atoms with Crippen LogP contribution in [0.1, 0.15) is 84.8 Å². The Morgan fingerprint density at radius 1 is 0.931 bits per heavy atom.